The lowest BCUT2D eigenvalue weighted by molar-refractivity contribution is 0.371. The van der Waals surface area contributed by atoms with E-state index in [0.717, 1.165) is 31.3 Å². The Morgan fingerprint density at radius 3 is 2.56 bits per heavy atom. The molecule has 16 heavy (non-hydrogen) atoms. The van der Waals surface area contributed by atoms with Crippen LogP contribution in [0.15, 0.2) is 18.2 Å². The van der Waals surface area contributed by atoms with Gasteiger partial charge in [-0.3, -0.25) is 0 Å². The maximum absolute atomic E-state index is 13.7. The number of rotatable bonds is 2. The zero-order valence-corrected chi connectivity index (χ0v) is 9.22. The van der Waals surface area contributed by atoms with Crippen LogP contribution in [-0.4, -0.2) is 7.11 Å². The summed E-state index contributed by atoms with van der Waals surface area (Å²) in [6, 6.07) is 3.07. The summed E-state index contributed by atoms with van der Waals surface area (Å²) >= 11 is 0. The van der Waals surface area contributed by atoms with Crippen LogP contribution in [0.25, 0.3) is 5.57 Å². The molecule has 0 atom stereocenters. The number of hydrogen-bond donors (Lipinski definition) is 0. The molecule has 0 fully saturated rings. The average molecular weight is 224 g/mol. The Bertz CT molecular complexity index is 424. The van der Waals surface area contributed by atoms with E-state index in [1.165, 1.54) is 13.2 Å². The highest BCUT2D eigenvalue weighted by Crippen LogP contribution is 2.32. The fraction of sp³-hybridized carbons (Fsp3) is 0.385. The van der Waals surface area contributed by atoms with E-state index >= 15 is 0 Å². The number of allylic oxidation sites excluding steroid dienone is 2. The predicted octanol–water partition coefficient (Wildman–Crippen LogP) is 3.93. The van der Waals surface area contributed by atoms with E-state index < -0.39 is 11.6 Å². The van der Waals surface area contributed by atoms with Gasteiger partial charge in [0, 0.05) is 5.56 Å². The average Bonchev–Trinajstić information content (AvgIpc) is 2.34. The Hall–Kier alpha value is -1.38. The third-order valence-electron chi connectivity index (χ3n) is 2.90. The lowest BCUT2D eigenvalue weighted by atomic mass is 9.93. The van der Waals surface area contributed by atoms with Crippen molar-refractivity contribution in [1.29, 1.82) is 0 Å². The minimum absolute atomic E-state index is 0.0438. The molecule has 0 heterocycles. The lowest BCUT2D eigenvalue weighted by Crippen LogP contribution is -1.99. The van der Waals surface area contributed by atoms with Crippen LogP contribution in [-0.2, 0) is 0 Å². The van der Waals surface area contributed by atoms with Gasteiger partial charge in [0.25, 0.3) is 0 Å². The number of hydrogen-bond acceptors (Lipinski definition) is 1. The fourth-order valence-corrected chi connectivity index (χ4v) is 2.02. The Morgan fingerprint density at radius 1 is 1.12 bits per heavy atom. The summed E-state index contributed by atoms with van der Waals surface area (Å²) < 4.78 is 32.0. The number of benzene rings is 1. The molecule has 1 aliphatic rings. The molecule has 2 rings (SSSR count). The third-order valence-corrected chi connectivity index (χ3v) is 2.90. The summed E-state index contributed by atoms with van der Waals surface area (Å²) in [6.07, 6.45) is 5.93. The van der Waals surface area contributed by atoms with Gasteiger partial charge in [0.2, 0.25) is 5.82 Å². The zero-order valence-electron chi connectivity index (χ0n) is 9.22. The second-order valence-corrected chi connectivity index (χ2v) is 3.92. The van der Waals surface area contributed by atoms with Crippen LogP contribution in [0, 0.1) is 11.6 Å². The normalized spacial score (nSPS) is 15.8. The third kappa shape index (κ3) is 1.94. The molecule has 0 N–H and O–H groups in total. The van der Waals surface area contributed by atoms with Crippen LogP contribution in [0.3, 0.4) is 0 Å². The number of halogens is 2. The zero-order chi connectivity index (χ0) is 11.5. The quantitative estimate of drug-likeness (QED) is 0.739. The molecular weight excluding hydrogens is 210 g/mol. The van der Waals surface area contributed by atoms with Crippen molar-refractivity contribution in [3.05, 3.63) is 35.4 Å². The maximum atomic E-state index is 13.7. The van der Waals surface area contributed by atoms with E-state index in [9.17, 15) is 8.78 Å². The van der Waals surface area contributed by atoms with Crippen LogP contribution in [0.5, 0.6) is 5.75 Å². The molecule has 1 aliphatic carbocycles. The van der Waals surface area contributed by atoms with E-state index in [-0.39, 0.29) is 5.75 Å². The summed E-state index contributed by atoms with van der Waals surface area (Å²) in [5, 5.41) is 0. The van der Waals surface area contributed by atoms with Crippen molar-refractivity contribution in [1.82, 2.24) is 0 Å². The SMILES string of the molecule is COc1ccc(C2=CCCCC2)c(F)c1F. The highest BCUT2D eigenvalue weighted by Gasteiger charge is 2.17. The van der Waals surface area contributed by atoms with Gasteiger partial charge in [0.05, 0.1) is 7.11 Å². The minimum Gasteiger partial charge on any atom is -0.494 e. The van der Waals surface area contributed by atoms with Gasteiger partial charge in [-0.05, 0) is 43.4 Å². The first-order valence-electron chi connectivity index (χ1n) is 5.45. The summed E-state index contributed by atoms with van der Waals surface area (Å²) in [6.45, 7) is 0. The fourth-order valence-electron chi connectivity index (χ4n) is 2.02. The smallest absolute Gasteiger partial charge is 0.201 e. The van der Waals surface area contributed by atoms with Crippen LogP contribution >= 0.6 is 0 Å². The molecule has 0 saturated heterocycles. The molecule has 1 nitrogen and oxygen atoms in total. The van der Waals surface area contributed by atoms with Crippen molar-refractivity contribution < 1.29 is 13.5 Å². The molecule has 0 radical (unpaired) electrons. The van der Waals surface area contributed by atoms with Crippen molar-refractivity contribution in [3.8, 4) is 5.75 Å². The van der Waals surface area contributed by atoms with Crippen molar-refractivity contribution >= 4 is 5.57 Å². The van der Waals surface area contributed by atoms with E-state index in [2.05, 4.69) is 0 Å². The van der Waals surface area contributed by atoms with Crippen molar-refractivity contribution in [2.75, 3.05) is 7.11 Å². The van der Waals surface area contributed by atoms with E-state index in [0.29, 0.717) is 5.56 Å². The molecule has 3 heteroatoms. The van der Waals surface area contributed by atoms with Gasteiger partial charge in [-0.25, -0.2) is 4.39 Å². The molecule has 0 saturated carbocycles. The molecule has 86 valence electrons. The Labute approximate surface area is 93.7 Å². The van der Waals surface area contributed by atoms with Gasteiger partial charge < -0.3 is 4.74 Å². The van der Waals surface area contributed by atoms with Crippen LogP contribution in [0.1, 0.15) is 31.2 Å². The highest BCUT2D eigenvalue weighted by atomic mass is 19.2. The molecule has 0 aliphatic heterocycles. The van der Waals surface area contributed by atoms with Crippen LogP contribution in [0.2, 0.25) is 0 Å². The van der Waals surface area contributed by atoms with Gasteiger partial charge in [-0.1, -0.05) is 6.08 Å². The highest BCUT2D eigenvalue weighted by molar-refractivity contribution is 5.67. The predicted molar refractivity (Wildman–Crippen MR) is 59.4 cm³/mol. The Morgan fingerprint density at radius 2 is 1.94 bits per heavy atom. The number of ether oxygens (including phenoxy) is 1. The molecule has 1 aromatic rings. The summed E-state index contributed by atoms with van der Waals surface area (Å²) in [5.74, 6) is -1.74. The molecule has 0 aromatic heterocycles. The lowest BCUT2D eigenvalue weighted by Gasteiger charge is -2.14. The summed E-state index contributed by atoms with van der Waals surface area (Å²) in [5.41, 5.74) is 1.28. The second kappa shape index (κ2) is 4.64. The largest absolute Gasteiger partial charge is 0.494 e. The minimum atomic E-state index is -0.897. The maximum Gasteiger partial charge on any atom is 0.201 e. The van der Waals surface area contributed by atoms with Crippen LogP contribution < -0.4 is 4.74 Å². The standard InChI is InChI=1S/C13H14F2O/c1-16-11-8-7-10(12(14)13(11)15)9-5-3-2-4-6-9/h5,7-8H,2-4,6H2,1H3. The monoisotopic (exact) mass is 224 g/mol. The Balaban J connectivity index is 2.42. The van der Waals surface area contributed by atoms with E-state index in [1.54, 1.807) is 6.07 Å². The van der Waals surface area contributed by atoms with Gasteiger partial charge in [0.15, 0.2) is 11.6 Å². The number of methoxy groups -OCH3 is 1. The van der Waals surface area contributed by atoms with Gasteiger partial charge in [-0.2, -0.15) is 4.39 Å². The summed E-state index contributed by atoms with van der Waals surface area (Å²) in [7, 11) is 1.33. The first kappa shape index (κ1) is 11.1. The molecule has 1 aromatic carbocycles. The van der Waals surface area contributed by atoms with Gasteiger partial charge in [-0.15, -0.1) is 0 Å². The van der Waals surface area contributed by atoms with Gasteiger partial charge >= 0.3 is 0 Å². The van der Waals surface area contributed by atoms with Crippen LogP contribution in [0.4, 0.5) is 8.78 Å². The molecule has 0 spiro atoms. The van der Waals surface area contributed by atoms with E-state index in [1.807, 2.05) is 6.08 Å². The first-order chi connectivity index (χ1) is 7.74. The Kier molecular flexibility index (Phi) is 3.22. The second-order valence-electron chi connectivity index (χ2n) is 3.92. The molecular formula is C13H14F2O. The van der Waals surface area contributed by atoms with Crippen molar-refractivity contribution in [2.24, 2.45) is 0 Å². The van der Waals surface area contributed by atoms with Crippen molar-refractivity contribution in [2.45, 2.75) is 25.7 Å². The van der Waals surface area contributed by atoms with Gasteiger partial charge in [0.1, 0.15) is 0 Å². The van der Waals surface area contributed by atoms with E-state index in [4.69, 9.17) is 4.74 Å². The molecule has 0 unspecified atom stereocenters. The molecule has 0 amide bonds. The van der Waals surface area contributed by atoms with Crippen molar-refractivity contribution in [3.63, 3.8) is 0 Å². The topological polar surface area (TPSA) is 9.23 Å². The first-order valence-corrected chi connectivity index (χ1v) is 5.45. The molecule has 0 bridgehead atoms. The summed E-state index contributed by atoms with van der Waals surface area (Å²) in [4.78, 5) is 0.